The fourth-order valence-corrected chi connectivity index (χ4v) is 1.28. The van der Waals surface area contributed by atoms with Crippen molar-refractivity contribution < 1.29 is 22.7 Å². The van der Waals surface area contributed by atoms with E-state index in [9.17, 15) is 18.0 Å². The summed E-state index contributed by atoms with van der Waals surface area (Å²) in [6.07, 6.45) is -4.73. The lowest BCUT2D eigenvalue weighted by Crippen LogP contribution is -2.15. The maximum atomic E-state index is 12.7. The third-order valence-electron chi connectivity index (χ3n) is 2.00. The molecular formula is C10H7F3N2O2. The number of hydrogen-bond donors (Lipinski definition) is 1. The average molecular weight is 244 g/mol. The Hall–Kier alpha value is -2.23. The number of carbonyl (C=O) groups is 1. The zero-order chi connectivity index (χ0) is 13.2. The van der Waals surface area contributed by atoms with Crippen molar-refractivity contribution in [3.05, 3.63) is 28.8 Å². The molecule has 0 fully saturated rings. The number of halogens is 3. The van der Waals surface area contributed by atoms with Crippen LogP contribution in [0.5, 0.6) is 5.75 Å². The smallest absolute Gasteiger partial charge is 0.420 e. The van der Waals surface area contributed by atoms with Gasteiger partial charge in [0.2, 0.25) is 5.91 Å². The molecule has 0 saturated carbocycles. The average Bonchev–Trinajstić information content (AvgIpc) is 2.25. The highest BCUT2D eigenvalue weighted by molar-refractivity contribution is 5.93. The molecule has 1 aromatic rings. The van der Waals surface area contributed by atoms with Gasteiger partial charge in [-0.2, -0.15) is 18.4 Å². The van der Waals surface area contributed by atoms with E-state index in [2.05, 4.69) is 4.74 Å². The first-order valence-corrected chi connectivity index (χ1v) is 4.30. The summed E-state index contributed by atoms with van der Waals surface area (Å²) in [4.78, 5) is 10.9. The Kier molecular flexibility index (Phi) is 3.27. The van der Waals surface area contributed by atoms with Gasteiger partial charge in [-0.05, 0) is 12.1 Å². The zero-order valence-corrected chi connectivity index (χ0v) is 8.63. The van der Waals surface area contributed by atoms with E-state index < -0.39 is 34.5 Å². The second kappa shape index (κ2) is 4.33. The molecule has 1 aromatic carbocycles. The second-order valence-corrected chi connectivity index (χ2v) is 3.08. The molecule has 0 aliphatic rings. The van der Waals surface area contributed by atoms with Crippen LogP contribution >= 0.6 is 0 Å². The van der Waals surface area contributed by atoms with E-state index in [1.807, 2.05) is 0 Å². The standard InChI is InChI=1S/C10H7F3N2O2/c1-17-8-6(4-14)2-5(9(15)16)3-7(8)10(11,12)13/h2-3H,1H3,(H2,15,16). The van der Waals surface area contributed by atoms with Gasteiger partial charge in [-0.15, -0.1) is 0 Å². The Balaban J connectivity index is 3.61. The van der Waals surface area contributed by atoms with Crippen molar-refractivity contribution in [2.24, 2.45) is 5.73 Å². The molecule has 0 aliphatic heterocycles. The normalized spacial score (nSPS) is 10.8. The summed E-state index contributed by atoms with van der Waals surface area (Å²) in [5.74, 6) is -1.67. The maximum absolute atomic E-state index is 12.7. The molecule has 0 unspecified atom stereocenters. The van der Waals surface area contributed by atoms with E-state index in [-0.39, 0.29) is 0 Å². The molecule has 0 aromatic heterocycles. The predicted molar refractivity (Wildman–Crippen MR) is 51.2 cm³/mol. The number of rotatable bonds is 2. The lowest BCUT2D eigenvalue weighted by Gasteiger charge is -2.14. The van der Waals surface area contributed by atoms with Crippen LogP contribution in [0.4, 0.5) is 13.2 Å². The van der Waals surface area contributed by atoms with E-state index in [1.54, 1.807) is 0 Å². The lowest BCUT2D eigenvalue weighted by atomic mass is 10.0. The molecule has 0 radical (unpaired) electrons. The minimum absolute atomic E-state index is 0.392. The summed E-state index contributed by atoms with van der Waals surface area (Å²) in [5.41, 5.74) is 2.90. The van der Waals surface area contributed by atoms with Crippen LogP contribution in [-0.4, -0.2) is 13.0 Å². The van der Waals surface area contributed by atoms with Gasteiger partial charge < -0.3 is 10.5 Å². The minimum atomic E-state index is -4.73. The molecular weight excluding hydrogens is 237 g/mol. The summed E-state index contributed by atoms with van der Waals surface area (Å²) in [5, 5.41) is 8.70. The van der Waals surface area contributed by atoms with Crippen LogP contribution in [0.3, 0.4) is 0 Å². The third kappa shape index (κ3) is 2.47. The number of alkyl halides is 3. The van der Waals surface area contributed by atoms with Crippen molar-refractivity contribution in [2.75, 3.05) is 7.11 Å². The van der Waals surface area contributed by atoms with E-state index in [1.165, 1.54) is 6.07 Å². The van der Waals surface area contributed by atoms with Gasteiger partial charge in [0.05, 0.1) is 18.2 Å². The number of nitrogens with two attached hydrogens (primary N) is 1. The van der Waals surface area contributed by atoms with Crippen LogP contribution in [0, 0.1) is 11.3 Å². The van der Waals surface area contributed by atoms with Crippen LogP contribution < -0.4 is 10.5 Å². The van der Waals surface area contributed by atoms with E-state index in [4.69, 9.17) is 11.0 Å². The topological polar surface area (TPSA) is 76.1 Å². The number of nitrogens with zero attached hydrogens (tertiary/aromatic N) is 1. The monoisotopic (exact) mass is 244 g/mol. The summed E-state index contributed by atoms with van der Waals surface area (Å²) >= 11 is 0. The van der Waals surface area contributed by atoms with Gasteiger partial charge in [0.15, 0.2) is 0 Å². The van der Waals surface area contributed by atoms with E-state index in [0.29, 0.717) is 6.07 Å². The molecule has 7 heteroatoms. The lowest BCUT2D eigenvalue weighted by molar-refractivity contribution is -0.138. The first-order valence-electron chi connectivity index (χ1n) is 4.30. The van der Waals surface area contributed by atoms with Crippen molar-refractivity contribution in [3.63, 3.8) is 0 Å². The van der Waals surface area contributed by atoms with E-state index >= 15 is 0 Å². The Morgan fingerprint density at radius 3 is 2.41 bits per heavy atom. The van der Waals surface area contributed by atoms with Crippen LogP contribution in [0.1, 0.15) is 21.5 Å². The number of carbonyl (C=O) groups excluding carboxylic acids is 1. The highest BCUT2D eigenvalue weighted by atomic mass is 19.4. The number of primary amides is 1. The van der Waals surface area contributed by atoms with Gasteiger partial charge in [0.25, 0.3) is 0 Å². The highest BCUT2D eigenvalue weighted by Crippen LogP contribution is 2.38. The van der Waals surface area contributed by atoms with Gasteiger partial charge in [0, 0.05) is 5.56 Å². The zero-order valence-electron chi connectivity index (χ0n) is 8.63. The molecule has 1 rings (SSSR count). The summed E-state index contributed by atoms with van der Waals surface area (Å²) in [6.45, 7) is 0. The maximum Gasteiger partial charge on any atom is 0.420 e. The van der Waals surface area contributed by atoms with Gasteiger partial charge in [-0.3, -0.25) is 4.79 Å². The molecule has 90 valence electrons. The van der Waals surface area contributed by atoms with Crippen molar-refractivity contribution in [1.29, 1.82) is 5.26 Å². The van der Waals surface area contributed by atoms with Crippen LogP contribution in [0.2, 0.25) is 0 Å². The van der Waals surface area contributed by atoms with Crippen molar-refractivity contribution in [1.82, 2.24) is 0 Å². The largest absolute Gasteiger partial charge is 0.495 e. The Morgan fingerprint density at radius 1 is 1.47 bits per heavy atom. The Labute approximate surface area is 94.4 Å². The molecule has 0 spiro atoms. The Bertz CT molecular complexity index is 503. The van der Waals surface area contributed by atoms with Gasteiger partial charge in [0.1, 0.15) is 11.8 Å². The SMILES string of the molecule is COc1c(C#N)cc(C(N)=O)cc1C(F)(F)F. The predicted octanol–water partition coefficient (Wildman–Crippen LogP) is 1.68. The molecule has 4 nitrogen and oxygen atoms in total. The Morgan fingerprint density at radius 2 is 2.06 bits per heavy atom. The number of hydrogen-bond acceptors (Lipinski definition) is 3. The second-order valence-electron chi connectivity index (χ2n) is 3.08. The highest BCUT2D eigenvalue weighted by Gasteiger charge is 2.36. The fourth-order valence-electron chi connectivity index (χ4n) is 1.28. The quantitative estimate of drug-likeness (QED) is 0.859. The van der Waals surface area contributed by atoms with Gasteiger partial charge in [-0.25, -0.2) is 0 Å². The third-order valence-corrected chi connectivity index (χ3v) is 2.00. The molecule has 0 aliphatic carbocycles. The van der Waals surface area contributed by atoms with Crippen LogP contribution in [0.15, 0.2) is 12.1 Å². The van der Waals surface area contributed by atoms with Crippen molar-refractivity contribution in [3.8, 4) is 11.8 Å². The molecule has 0 bridgehead atoms. The van der Waals surface area contributed by atoms with E-state index in [0.717, 1.165) is 13.2 Å². The van der Waals surface area contributed by atoms with Crippen molar-refractivity contribution in [2.45, 2.75) is 6.18 Å². The number of amides is 1. The fraction of sp³-hybridized carbons (Fsp3) is 0.200. The molecule has 2 N–H and O–H groups in total. The summed E-state index contributed by atoms with van der Waals surface area (Å²) in [6, 6.07) is 3.03. The number of methoxy groups -OCH3 is 1. The number of ether oxygens (including phenoxy) is 1. The first kappa shape index (κ1) is 12.8. The summed E-state index contributed by atoms with van der Waals surface area (Å²) in [7, 11) is 1.01. The molecule has 0 saturated heterocycles. The molecule has 1 amide bonds. The summed E-state index contributed by atoms with van der Waals surface area (Å²) < 4.78 is 42.5. The van der Waals surface area contributed by atoms with Gasteiger partial charge in [-0.1, -0.05) is 0 Å². The first-order chi connectivity index (χ1) is 7.81. The molecule has 0 atom stereocenters. The number of nitriles is 1. The number of benzene rings is 1. The van der Waals surface area contributed by atoms with Crippen LogP contribution in [0.25, 0.3) is 0 Å². The van der Waals surface area contributed by atoms with Crippen LogP contribution in [-0.2, 0) is 6.18 Å². The molecule has 17 heavy (non-hydrogen) atoms. The van der Waals surface area contributed by atoms with Gasteiger partial charge >= 0.3 is 6.18 Å². The molecule has 0 heterocycles. The van der Waals surface area contributed by atoms with Crippen molar-refractivity contribution >= 4 is 5.91 Å². The minimum Gasteiger partial charge on any atom is -0.495 e.